The van der Waals surface area contributed by atoms with Gasteiger partial charge in [0.15, 0.2) is 5.84 Å². The first-order valence-corrected chi connectivity index (χ1v) is 11.2. The van der Waals surface area contributed by atoms with E-state index in [1.165, 1.54) is 12.1 Å². The van der Waals surface area contributed by atoms with Gasteiger partial charge in [-0.05, 0) is 66.8 Å². The first-order chi connectivity index (χ1) is 16.1. The van der Waals surface area contributed by atoms with Crippen LogP contribution in [-0.4, -0.2) is 47.1 Å². The molecule has 0 radical (unpaired) electrons. The summed E-state index contributed by atoms with van der Waals surface area (Å²) in [5, 5.41) is 4.48. The van der Waals surface area contributed by atoms with Crippen molar-refractivity contribution >= 4 is 11.9 Å². The van der Waals surface area contributed by atoms with E-state index in [4.69, 9.17) is 9.57 Å². The van der Waals surface area contributed by atoms with Crippen molar-refractivity contribution in [2.24, 2.45) is 5.16 Å². The molecule has 7 heteroatoms. The Morgan fingerprint density at radius 3 is 2.74 bits per heavy atom. The lowest BCUT2D eigenvalue weighted by molar-refractivity contribution is 0.135. The van der Waals surface area contributed by atoms with Gasteiger partial charge < -0.3 is 19.0 Å². The molecule has 0 saturated carbocycles. The van der Waals surface area contributed by atoms with Gasteiger partial charge in [-0.2, -0.15) is 0 Å². The van der Waals surface area contributed by atoms with Gasteiger partial charge in [-0.3, -0.25) is 0 Å². The number of aromatic nitrogens is 2. The fourth-order valence-electron chi connectivity index (χ4n) is 4.51. The number of aryl methyl sites for hydroxylation is 1. The molecule has 1 fully saturated rings. The van der Waals surface area contributed by atoms with E-state index >= 15 is 0 Å². The Hall–Kier alpha value is -3.61. The number of imidazole rings is 1. The van der Waals surface area contributed by atoms with Gasteiger partial charge in [0.2, 0.25) is 0 Å². The number of rotatable bonds is 4. The minimum absolute atomic E-state index is 0. The summed E-state index contributed by atoms with van der Waals surface area (Å²) >= 11 is 0. The molecule has 1 aromatic heterocycles. The number of halogens is 1. The third-order valence-corrected chi connectivity index (χ3v) is 6.20. The Bertz CT molecular complexity index is 1200. The summed E-state index contributed by atoms with van der Waals surface area (Å²) < 4.78 is 21.0. The average Bonchev–Trinajstić information content (AvgIpc) is 3.13. The first-order valence-electron chi connectivity index (χ1n) is 11.2. The smallest absolute Gasteiger partial charge is 0.171 e. The van der Waals surface area contributed by atoms with Crippen LogP contribution in [0.25, 0.3) is 11.8 Å². The summed E-state index contributed by atoms with van der Waals surface area (Å²) in [5.74, 6) is 1.59. The number of amidine groups is 1. The molecule has 2 aromatic carbocycles. The molecular weight excluding hydrogens is 431 g/mol. The Labute approximate surface area is 200 Å². The summed E-state index contributed by atoms with van der Waals surface area (Å²) in [6, 6.07) is 12.9. The van der Waals surface area contributed by atoms with Crippen LogP contribution in [0.5, 0.6) is 5.75 Å². The van der Waals surface area contributed by atoms with Gasteiger partial charge in [0.1, 0.15) is 18.2 Å². The highest BCUT2D eigenvalue weighted by Crippen LogP contribution is 2.30. The van der Waals surface area contributed by atoms with Crippen LogP contribution in [0.3, 0.4) is 0 Å². The second kappa shape index (κ2) is 10.1. The first kappa shape index (κ1) is 23.5. The predicted octanol–water partition coefficient (Wildman–Crippen LogP) is 5.57. The highest BCUT2D eigenvalue weighted by atomic mass is 19.1. The number of oxime groups is 1. The molecule has 2 aliphatic heterocycles. The van der Waals surface area contributed by atoms with Crippen LogP contribution in [0.1, 0.15) is 43.0 Å². The van der Waals surface area contributed by atoms with Gasteiger partial charge in [0.05, 0.1) is 24.8 Å². The molecular formula is C27H31FN4O2. The van der Waals surface area contributed by atoms with Crippen LogP contribution in [0.4, 0.5) is 4.39 Å². The summed E-state index contributed by atoms with van der Waals surface area (Å²) in [5.41, 5.74) is 5.17. The highest BCUT2D eigenvalue weighted by molar-refractivity contribution is 6.02. The van der Waals surface area contributed by atoms with Crippen molar-refractivity contribution in [3.8, 4) is 11.4 Å². The van der Waals surface area contributed by atoms with Crippen molar-refractivity contribution < 1.29 is 14.0 Å². The molecule has 3 heterocycles. The summed E-state index contributed by atoms with van der Waals surface area (Å²) in [6.07, 6.45) is 7.91. The maximum Gasteiger partial charge on any atom is 0.171 e. The SMILES string of the molecule is C.COc1cc(/C=C2\CCCN3CC(c4ccc(F)cc4)CON=C23)ccc1-n1cnc(C)c1. The zero-order chi connectivity index (χ0) is 22.8. The topological polar surface area (TPSA) is 51.9 Å². The Morgan fingerprint density at radius 2 is 2.00 bits per heavy atom. The number of piperidine rings is 1. The van der Waals surface area contributed by atoms with Crippen LogP contribution in [0, 0.1) is 12.7 Å². The molecule has 178 valence electrons. The van der Waals surface area contributed by atoms with Gasteiger partial charge in [0, 0.05) is 25.2 Å². The minimum atomic E-state index is -0.224. The number of hydrogen-bond acceptors (Lipinski definition) is 5. The van der Waals surface area contributed by atoms with Crippen LogP contribution < -0.4 is 4.74 Å². The lowest BCUT2D eigenvalue weighted by Gasteiger charge is -2.31. The number of hydrogen-bond donors (Lipinski definition) is 0. The molecule has 34 heavy (non-hydrogen) atoms. The molecule has 6 nitrogen and oxygen atoms in total. The molecule has 0 bridgehead atoms. The van der Waals surface area contributed by atoms with Crippen molar-refractivity contribution in [3.05, 3.63) is 83.2 Å². The molecule has 0 aliphatic carbocycles. The van der Waals surface area contributed by atoms with Crippen molar-refractivity contribution in [2.75, 3.05) is 26.8 Å². The number of ether oxygens (including phenoxy) is 1. The van der Waals surface area contributed by atoms with E-state index < -0.39 is 0 Å². The van der Waals surface area contributed by atoms with Crippen molar-refractivity contribution in [3.63, 3.8) is 0 Å². The van der Waals surface area contributed by atoms with Gasteiger partial charge in [-0.15, -0.1) is 0 Å². The molecule has 5 rings (SSSR count). The number of fused-ring (bicyclic) bond motifs is 1. The van der Waals surface area contributed by atoms with Crippen LogP contribution in [0.15, 0.2) is 65.7 Å². The van der Waals surface area contributed by atoms with Crippen molar-refractivity contribution in [1.82, 2.24) is 14.5 Å². The van der Waals surface area contributed by atoms with Crippen LogP contribution in [-0.2, 0) is 4.84 Å². The Kier molecular flexibility index (Phi) is 7.01. The van der Waals surface area contributed by atoms with E-state index in [1.54, 1.807) is 13.4 Å². The highest BCUT2D eigenvalue weighted by Gasteiger charge is 2.28. The van der Waals surface area contributed by atoms with E-state index in [9.17, 15) is 4.39 Å². The fraction of sp³-hybridized carbons (Fsp3) is 0.333. The molecule has 3 aromatic rings. The number of nitrogens with zero attached hydrogens (tertiary/aromatic N) is 4. The molecule has 1 atom stereocenters. The Morgan fingerprint density at radius 1 is 1.18 bits per heavy atom. The zero-order valence-corrected chi connectivity index (χ0v) is 18.9. The minimum Gasteiger partial charge on any atom is -0.495 e. The van der Waals surface area contributed by atoms with Gasteiger partial charge in [0.25, 0.3) is 0 Å². The quantitative estimate of drug-likeness (QED) is 0.509. The van der Waals surface area contributed by atoms with Crippen molar-refractivity contribution in [2.45, 2.75) is 33.1 Å². The second-order valence-electron chi connectivity index (χ2n) is 8.53. The molecule has 0 spiro atoms. The summed E-state index contributed by atoms with van der Waals surface area (Å²) in [4.78, 5) is 12.3. The van der Waals surface area contributed by atoms with Crippen molar-refractivity contribution in [1.29, 1.82) is 0 Å². The predicted molar refractivity (Wildman–Crippen MR) is 133 cm³/mol. The monoisotopic (exact) mass is 462 g/mol. The maximum absolute atomic E-state index is 13.4. The van der Waals surface area contributed by atoms with E-state index in [2.05, 4.69) is 27.2 Å². The second-order valence-corrected chi connectivity index (χ2v) is 8.53. The average molecular weight is 463 g/mol. The molecule has 0 amide bonds. The lowest BCUT2D eigenvalue weighted by atomic mass is 9.96. The third kappa shape index (κ3) is 4.83. The Balaban J connectivity index is 0.00000274. The molecule has 1 saturated heterocycles. The summed E-state index contributed by atoms with van der Waals surface area (Å²) in [7, 11) is 1.68. The van der Waals surface area contributed by atoms with Gasteiger partial charge >= 0.3 is 0 Å². The maximum atomic E-state index is 13.4. The molecule has 1 unspecified atom stereocenters. The standard InChI is InChI=1S/C26H27FN4O2.CH4/c1-18-14-31(17-28-18)24-10-5-19(13-25(24)32-2)12-21-4-3-11-30-15-22(16-33-29-26(21)30)20-6-8-23(27)9-7-20;/h5-10,12-14,17,22H,3-4,11,15-16H2,1-2H3;1H4/b21-12+;. The fourth-order valence-corrected chi connectivity index (χ4v) is 4.51. The van der Waals surface area contributed by atoms with Crippen LogP contribution >= 0.6 is 0 Å². The van der Waals surface area contributed by atoms with Crippen LogP contribution in [0.2, 0.25) is 0 Å². The summed E-state index contributed by atoms with van der Waals surface area (Å²) in [6.45, 7) is 4.17. The molecule has 0 N–H and O–H groups in total. The van der Waals surface area contributed by atoms with Gasteiger partial charge in [-0.1, -0.05) is 30.8 Å². The molecule has 2 aliphatic rings. The van der Waals surface area contributed by atoms with E-state index in [0.29, 0.717) is 6.61 Å². The largest absolute Gasteiger partial charge is 0.495 e. The van der Waals surface area contributed by atoms with Gasteiger partial charge in [-0.25, -0.2) is 9.37 Å². The third-order valence-electron chi connectivity index (χ3n) is 6.20. The van der Waals surface area contributed by atoms with E-state index in [0.717, 1.165) is 65.6 Å². The number of benzene rings is 2. The number of methoxy groups -OCH3 is 1. The lowest BCUT2D eigenvalue weighted by Crippen LogP contribution is -2.39. The van der Waals surface area contributed by atoms with E-state index in [-0.39, 0.29) is 19.2 Å². The normalized spacial score (nSPS) is 18.9. The zero-order valence-electron chi connectivity index (χ0n) is 18.9. The van der Waals surface area contributed by atoms with E-state index in [1.807, 2.05) is 42.0 Å².